The highest BCUT2D eigenvalue weighted by Gasteiger charge is 2.19. The second-order valence-corrected chi connectivity index (χ2v) is 8.45. The summed E-state index contributed by atoms with van der Waals surface area (Å²) >= 11 is 1.19. The standard InChI is InChI=1S/C25H16N8O2S/c1-14-9-20(21(35-2)13-27-14)19-10-15(11-26)3-6-18(19)23(34)32-25-31-22-24(36-25)30-17(12-28-22)5-4-16-7-8-29-33-16/h3,6-10,12-13H,1-2H3,(H,29,33)(H,28,31,32,34). The molecule has 0 saturated carbocycles. The summed E-state index contributed by atoms with van der Waals surface area (Å²) in [6.07, 6.45) is 4.72. The number of aromatic amines is 1. The first-order chi connectivity index (χ1) is 17.5. The molecule has 36 heavy (non-hydrogen) atoms. The molecule has 0 bridgehead atoms. The van der Waals surface area contributed by atoms with Crippen LogP contribution in [0.15, 0.2) is 48.9 Å². The minimum atomic E-state index is -0.399. The topological polar surface area (TPSA) is 142 Å². The molecule has 2 N–H and O–H groups in total. The van der Waals surface area contributed by atoms with Gasteiger partial charge in [0.05, 0.1) is 31.1 Å². The first-order valence-electron chi connectivity index (χ1n) is 10.6. The highest BCUT2D eigenvalue weighted by atomic mass is 32.1. The average molecular weight is 493 g/mol. The predicted molar refractivity (Wildman–Crippen MR) is 133 cm³/mol. The van der Waals surface area contributed by atoms with E-state index in [4.69, 9.17) is 4.74 Å². The molecule has 0 fully saturated rings. The lowest BCUT2D eigenvalue weighted by molar-refractivity contribution is 0.102. The monoisotopic (exact) mass is 492 g/mol. The van der Waals surface area contributed by atoms with E-state index in [1.807, 2.05) is 13.0 Å². The number of H-pyrrole nitrogens is 1. The summed E-state index contributed by atoms with van der Waals surface area (Å²) < 4.78 is 5.46. The third kappa shape index (κ3) is 4.59. The molecular formula is C25H16N8O2S. The zero-order valence-electron chi connectivity index (χ0n) is 19.0. The van der Waals surface area contributed by atoms with Crippen molar-refractivity contribution in [1.29, 1.82) is 5.26 Å². The van der Waals surface area contributed by atoms with E-state index in [2.05, 4.69) is 53.4 Å². The second kappa shape index (κ2) is 9.62. The van der Waals surface area contributed by atoms with Gasteiger partial charge in [-0.3, -0.25) is 20.2 Å². The van der Waals surface area contributed by atoms with Gasteiger partial charge >= 0.3 is 0 Å². The summed E-state index contributed by atoms with van der Waals surface area (Å²) in [6.45, 7) is 1.84. The van der Waals surface area contributed by atoms with Crippen LogP contribution in [0, 0.1) is 30.1 Å². The van der Waals surface area contributed by atoms with Gasteiger partial charge in [-0.2, -0.15) is 15.3 Å². The number of nitrogens with zero attached hydrogens (tertiary/aromatic N) is 6. The first kappa shape index (κ1) is 22.7. The molecule has 10 nitrogen and oxygen atoms in total. The zero-order valence-corrected chi connectivity index (χ0v) is 19.8. The van der Waals surface area contributed by atoms with Gasteiger partial charge in [-0.15, -0.1) is 0 Å². The quantitative estimate of drug-likeness (QED) is 0.362. The minimum absolute atomic E-state index is 0.335. The van der Waals surface area contributed by atoms with Crippen molar-refractivity contribution in [3.05, 3.63) is 77.1 Å². The fourth-order valence-corrected chi connectivity index (χ4v) is 4.20. The van der Waals surface area contributed by atoms with E-state index in [1.165, 1.54) is 24.6 Å². The smallest absolute Gasteiger partial charge is 0.258 e. The molecule has 4 aromatic heterocycles. The Morgan fingerprint density at radius 1 is 1.11 bits per heavy atom. The predicted octanol–water partition coefficient (Wildman–Crippen LogP) is 3.71. The Morgan fingerprint density at radius 3 is 2.78 bits per heavy atom. The van der Waals surface area contributed by atoms with Crippen LogP contribution in [-0.2, 0) is 0 Å². The highest BCUT2D eigenvalue weighted by molar-refractivity contribution is 7.21. The molecule has 0 radical (unpaired) electrons. The van der Waals surface area contributed by atoms with Crippen LogP contribution in [-0.4, -0.2) is 43.2 Å². The maximum Gasteiger partial charge on any atom is 0.258 e. The van der Waals surface area contributed by atoms with Crippen molar-refractivity contribution in [3.8, 4) is 34.8 Å². The van der Waals surface area contributed by atoms with E-state index >= 15 is 0 Å². The van der Waals surface area contributed by atoms with Gasteiger partial charge < -0.3 is 4.74 Å². The molecule has 0 aliphatic heterocycles. The molecular weight excluding hydrogens is 476 g/mol. The molecule has 5 rings (SSSR count). The van der Waals surface area contributed by atoms with E-state index in [0.717, 1.165) is 5.69 Å². The van der Waals surface area contributed by atoms with Crippen LogP contribution in [0.3, 0.4) is 0 Å². The molecule has 0 spiro atoms. The number of nitriles is 1. The number of carbonyl (C=O) groups excluding carboxylic acids is 1. The number of anilines is 1. The number of ether oxygens (including phenoxy) is 1. The van der Waals surface area contributed by atoms with E-state index in [1.54, 1.807) is 36.7 Å². The van der Waals surface area contributed by atoms with Gasteiger partial charge in [-0.25, -0.2) is 9.97 Å². The number of rotatable bonds is 4. The number of fused-ring (bicyclic) bond motifs is 1. The van der Waals surface area contributed by atoms with Crippen molar-refractivity contribution >= 4 is 32.9 Å². The number of hydrogen-bond acceptors (Lipinski definition) is 9. The Bertz CT molecular complexity index is 1710. The molecule has 0 unspecified atom stereocenters. The molecule has 11 heteroatoms. The van der Waals surface area contributed by atoms with Crippen molar-refractivity contribution in [2.24, 2.45) is 0 Å². The van der Waals surface area contributed by atoms with Crippen LogP contribution in [0.1, 0.15) is 33.0 Å². The number of hydrogen-bond donors (Lipinski definition) is 2. The van der Waals surface area contributed by atoms with Crippen molar-refractivity contribution in [2.45, 2.75) is 6.92 Å². The van der Waals surface area contributed by atoms with Gasteiger partial charge in [0, 0.05) is 23.0 Å². The number of nitrogens with one attached hydrogen (secondary N) is 2. The van der Waals surface area contributed by atoms with E-state index < -0.39 is 5.91 Å². The SMILES string of the molecule is COc1cnc(C)cc1-c1cc(C#N)ccc1C(=O)Nc1nc2ncc(C#Cc3ccn[nH]3)nc2s1. The van der Waals surface area contributed by atoms with Gasteiger partial charge in [-0.1, -0.05) is 11.3 Å². The summed E-state index contributed by atoms with van der Waals surface area (Å²) in [4.78, 5) is 31.2. The van der Waals surface area contributed by atoms with Gasteiger partial charge in [0.2, 0.25) is 0 Å². The molecule has 5 aromatic rings. The number of aromatic nitrogens is 6. The summed E-state index contributed by atoms with van der Waals surface area (Å²) in [6, 6.07) is 10.5. The third-order valence-corrected chi connectivity index (χ3v) is 5.93. The van der Waals surface area contributed by atoms with E-state index in [9.17, 15) is 10.1 Å². The number of benzene rings is 1. The van der Waals surface area contributed by atoms with Crippen LogP contribution in [0.4, 0.5) is 5.13 Å². The Hall–Kier alpha value is -5.13. The minimum Gasteiger partial charge on any atom is -0.494 e. The van der Waals surface area contributed by atoms with Crippen LogP contribution in [0.2, 0.25) is 0 Å². The molecule has 0 saturated heterocycles. The first-order valence-corrected chi connectivity index (χ1v) is 11.4. The lowest BCUT2D eigenvalue weighted by Crippen LogP contribution is -2.13. The Kier molecular flexibility index (Phi) is 6.05. The second-order valence-electron chi connectivity index (χ2n) is 7.48. The molecule has 0 aliphatic rings. The van der Waals surface area contributed by atoms with Gasteiger partial charge in [0.1, 0.15) is 17.1 Å². The fourth-order valence-electron chi connectivity index (χ4n) is 3.41. The molecule has 0 atom stereocenters. The van der Waals surface area contributed by atoms with Crippen molar-refractivity contribution in [3.63, 3.8) is 0 Å². The van der Waals surface area contributed by atoms with Crippen LogP contribution in [0.25, 0.3) is 21.6 Å². The summed E-state index contributed by atoms with van der Waals surface area (Å²) in [5.74, 6) is 5.93. The third-order valence-electron chi connectivity index (χ3n) is 5.08. The zero-order chi connectivity index (χ0) is 25.1. The van der Waals surface area contributed by atoms with Gasteiger partial charge in [0.15, 0.2) is 15.6 Å². The molecule has 1 aromatic carbocycles. The average Bonchev–Trinajstić information content (AvgIpc) is 3.56. The molecule has 0 aliphatic carbocycles. The normalized spacial score (nSPS) is 10.4. The Morgan fingerprint density at radius 2 is 2.00 bits per heavy atom. The van der Waals surface area contributed by atoms with Gasteiger partial charge in [-0.05, 0) is 54.7 Å². The Labute approximate surface area is 209 Å². The number of carbonyl (C=O) groups is 1. The Balaban J connectivity index is 1.47. The number of pyridine rings is 1. The van der Waals surface area contributed by atoms with Crippen LogP contribution < -0.4 is 10.1 Å². The fraction of sp³-hybridized carbons (Fsp3) is 0.0800. The van der Waals surface area contributed by atoms with Crippen molar-refractivity contribution in [2.75, 3.05) is 12.4 Å². The lowest BCUT2D eigenvalue weighted by Gasteiger charge is -2.13. The maximum absolute atomic E-state index is 13.3. The lowest BCUT2D eigenvalue weighted by atomic mass is 9.96. The number of methoxy groups -OCH3 is 1. The number of thiazole rings is 1. The highest BCUT2D eigenvalue weighted by Crippen LogP contribution is 2.34. The van der Waals surface area contributed by atoms with E-state index in [-0.39, 0.29) is 0 Å². The maximum atomic E-state index is 13.3. The van der Waals surface area contributed by atoms with E-state index in [0.29, 0.717) is 55.0 Å². The largest absolute Gasteiger partial charge is 0.494 e. The molecule has 4 heterocycles. The van der Waals surface area contributed by atoms with Crippen molar-refractivity contribution in [1.82, 2.24) is 30.1 Å². The molecule has 174 valence electrons. The number of amides is 1. The number of aryl methyl sites for hydroxylation is 1. The summed E-state index contributed by atoms with van der Waals surface area (Å²) in [7, 11) is 1.53. The van der Waals surface area contributed by atoms with Crippen LogP contribution >= 0.6 is 11.3 Å². The van der Waals surface area contributed by atoms with Crippen molar-refractivity contribution < 1.29 is 9.53 Å². The summed E-state index contributed by atoms with van der Waals surface area (Å²) in [5, 5.41) is 19.2. The summed E-state index contributed by atoms with van der Waals surface area (Å²) in [5.41, 5.74) is 4.23. The van der Waals surface area contributed by atoms with Gasteiger partial charge in [0.25, 0.3) is 5.91 Å². The van der Waals surface area contributed by atoms with Crippen LogP contribution in [0.5, 0.6) is 5.75 Å². The molecule has 1 amide bonds.